The van der Waals surface area contributed by atoms with Crippen molar-refractivity contribution in [2.45, 2.75) is 32.4 Å². The second kappa shape index (κ2) is 7.01. The molecule has 0 fully saturated rings. The predicted molar refractivity (Wildman–Crippen MR) is 66.8 cm³/mol. The third-order valence-electron chi connectivity index (χ3n) is 2.60. The zero-order valence-electron chi connectivity index (χ0n) is 10.8. The van der Waals surface area contributed by atoms with E-state index in [0.717, 1.165) is 13.0 Å². The number of esters is 1. The zero-order valence-corrected chi connectivity index (χ0v) is 11.6. The number of carbonyl (C=O) groups is 1. The molecule has 0 amide bonds. The van der Waals surface area contributed by atoms with Gasteiger partial charge in [0.25, 0.3) is 0 Å². The molecule has 0 spiro atoms. The van der Waals surface area contributed by atoms with Gasteiger partial charge in [-0.3, -0.25) is 9.00 Å². The van der Waals surface area contributed by atoms with Gasteiger partial charge in [0.2, 0.25) is 0 Å². The Hall–Kier alpha value is -0.420. The van der Waals surface area contributed by atoms with Crippen LogP contribution in [0.25, 0.3) is 0 Å². The third kappa shape index (κ3) is 5.61. The van der Waals surface area contributed by atoms with Crippen LogP contribution in [0.2, 0.25) is 0 Å². The molecular formula is C11H23NO3S. The monoisotopic (exact) mass is 249 g/mol. The Labute approximate surface area is 101 Å². The maximum atomic E-state index is 11.4. The Bertz CT molecular complexity index is 254. The molecule has 0 bridgehead atoms. The van der Waals surface area contributed by atoms with E-state index in [1.807, 2.05) is 20.8 Å². The Morgan fingerprint density at radius 3 is 2.50 bits per heavy atom. The number of hydrogen-bond donors (Lipinski definition) is 1. The topological polar surface area (TPSA) is 55.4 Å². The first-order valence-electron chi connectivity index (χ1n) is 5.42. The largest absolute Gasteiger partial charge is 0.469 e. The number of nitrogens with one attached hydrogen (secondary N) is 1. The number of rotatable bonds is 7. The van der Waals surface area contributed by atoms with E-state index in [4.69, 9.17) is 4.74 Å². The van der Waals surface area contributed by atoms with Crippen LogP contribution >= 0.6 is 0 Å². The summed E-state index contributed by atoms with van der Waals surface area (Å²) in [5, 5.41) is 3.38. The lowest BCUT2D eigenvalue weighted by Crippen LogP contribution is -2.37. The lowest BCUT2D eigenvalue weighted by atomic mass is 9.94. The molecule has 0 aliphatic rings. The summed E-state index contributed by atoms with van der Waals surface area (Å²) in [5.74, 6) is -0.216. The fourth-order valence-electron chi connectivity index (χ4n) is 1.22. The van der Waals surface area contributed by atoms with Crippen LogP contribution in [-0.4, -0.2) is 41.9 Å². The number of hydrogen-bond acceptors (Lipinski definition) is 4. The lowest BCUT2D eigenvalue weighted by molar-refractivity contribution is -0.150. The van der Waals surface area contributed by atoms with E-state index in [0.29, 0.717) is 6.54 Å². The molecule has 5 heteroatoms. The maximum absolute atomic E-state index is 11.4. The molecule has 0 aliphatic carbocycles. The summed E-state index contributed by atoms with van der Waals surface area (Å²) >= 11 is 0. The van der Waals surface area contributed by atoms with Crippen molar-refractivity contribution >= 4 is 16.8 Å². The molecular weight excluding hydrogens is 226 g/mol. The van der Waals surface area contributed by atoms with Crippen LogP contribution in [0.1, 0.15) is 27.2 Å². The molecule has 0 aromatic heterocycles. The van der Waals surface area contributed by atoms with E-state index in [2.05, 4.69) is 5.32 Å². The first kappa shape index (κ1) is 15.6. The Morgan fingerprint density at radius 2 is 2.06 bits per heavy atom. The summed E-state index contributed by atoms with van der Waals surface area (Å²) in [5.41, 5.74) is -0.511. The van der Waals surface area contributed by atoms with Gasteiger partial charge >= 0.3 is 5.97 Å². The first-order chi connectivity index (χ1) is 7.31. The Balaban J connectivity index is 3.82. The molecule has 0 radical (unpaired) electrons. The first-order valence-corrected chi connectivity index (χ1v) is 7.04. The van der Waals surface area contributed by atoms with Crippen LogP contribution < -0.4 is 5.32 Å². The van der Waals surface area contributed by atoms with Crippen molar-refractivity contribution in [1.29, 1.82) is 0 Å². The zero-order chi connectivity index (χ0) is 12.8. The fourth-order valence-corrected chi connectivity index (χ4v) is 1.67. The second-order valence-electron chi connectivity index (χ2n) is 4.65. The van der Waals surface area contributed by atoms with Gasteiger partial charge in [0.05, 0.1) is 12.5 Å². The van der Waals surface area contributed by atoms with Gasteiger partial charge in [-0.15, -0.1) is 0 Å². The summed E-state index contributed by atoms with van der Waals surface area (Å²) in [6, 6.07) is 0. The maximum Gasteiger partial charge on any atom is 0.312 e. The van der Waals surface area contributed by atoms with Gasteiger partial charge in [0.15, 0.2) is 0 Å². The average molecular weight is 249 g/mol. The quantitative estimate of drug-likeness (QED) is 0.539. The number of carbonyl (C=O) groups excluding carboxylic acids is 1. The molecule has 0 rings (SSSR count). The van der Waals surface area contributed by atoms with Crippen molar-refractivity contribution in [2.24, 2.45) is 5.41 Å². The van der Waals surface area contributed by atoms with Crippen molar-refractivity contribution in [1.82, 2.24) is 5.32 Å². The molecule has 1 N–H and O–H groups in total. The van der Waals surface area contributed by atoms with Crippen LogP contribution in [0.4, 0.5) is 0 Å². The van der Waals surface area contributed by atoms with Gasteiger partial charge < -0.3 is 10.1 Å². The summed E-state index contributed by atoms with van der Waals surface area (Å²) in [6.07, 6.45) is 2.56. The minimum atomic E-state index is -0.777. The van der Waals surface area contributed by atoms with Crippen LogP contribution in [0.5, 0.6) is 0 Å². The summed E-state index contributed by atoms with van der Waals surface area (Å²) < 4.78 is 15.8. The van der Waals surface area contributed by atoms with E-state index >= 15 is 0 Å². The van der Waals surface area contributed by atoms with Crippen molar-refractivity contribution in [3.05, 3.63) is 0 Å². The molecule has 0 saturated heterocycles. The average Bonchev–Trinajstić information content (AvgIpc) is 2.22. The van der Waals surface area contributed by atoms with Gasteiger partial charge in [-0.2, -0.15) is 0 Å². The molecule has 2 atom stereocenters. The molecule has 0 aliphatic heterocycles. The van der Waals surface area contributed by atoms with E-state index in [9.17, 15) is 9.00 Å². The Kier molecular flexibility index (Phi) is 6.83. The van der Waals surface area contributed by atoms with Crippen LogP contribution in [0.3, 0.4) is 0 Å². The fraction of sp³-hybridized carbons (Fsp3) is 0.909. The van der Waals surface area contributed by atoms with Gasteiger partial charge in [0.1, 0.15) is 0 Å². The molecule has 0 heterocycles. The lowest BCUT2D eigenvalue weighted by Gasteiger charge is -2.22. The minimum Gasteiger partial charge on any atom is -0.469 e. The van der Waals surface area contributed by atoms with E-state index < -0.39 is 16.2 Å². The number of ether oxygens (including phenoxy) is 1. The molecule has 0 aromatic rings. The van der Waals surface area contributed by atoms with Crippen molar-refractivity contribution in [2.75, 3.05) is 26.5 Å². The van der Waals surface area contributed by atoms with Gasteiger partial charge in [-0.25, -0.2) is 0 Å². The van der Waals surface area contributed by atoms with Crippen molar-refractivity contribution < 1.29 is 13.7 Å². The minimum absolute atomic E-state index is 0.189. The molecule has 0 aromatic carbocycles. The molecule has 0 saturated carbocycles. The van der Waals surface area contributed by atoms with Crippen molar-refractivity contribution in [3.63, 3.8) is 0 Å². The second-order valence-corrected chi connectivity index (χ2v) is 6.45. The van der Waals surface area contributed by atoms with Crippen LogP contribution in [-0.2, 0) is 20.3 Å². The normalized spacial score (nSPS) is 15.6. The molecule has 2 unspecified atom stereocenters. The number of methoxy groups -OCH3 is 1. The van der Waals surface area contributed by atoms with E-state index in [1.165, 1.54) is 7.11 Å². The van der Waals surface area contributed by atoms with Gasteiger partial charge in [-0.1, -0.05) is 6.92 Å². The molecule has 96 valence electrons. The summed E-state index contributed by atoms with van der Waals surface area (Å²) in [7, 11) is 0.618. The highest BCUT2D eigenvalue weighted by molar-refractivity contribution is 7.84. The van der Waals surface area contributed by atoms with Crippen LogP contribution in [0.15, 0.2) is 0 Å². The van der Waals surface area contributed by atoms with Crippen LogP contribution in [0, 0.1) is 5.41 Å². The SMILES string of the molecule is COC(=O)C(C)(C)CNCCC(C)S(C)=O. The molecule has 4 nitrogen and oxygen atoms in total. The highest BCUT2D eigenvalue weighted by Gasteiger charge is 2.27. The van der Waals surface area contributed by atoms with Gasteiger partial charge in [-0.05, 0) is 26.8 Å². The molecule has 16 heavy (non-hydrogen) atoms. The highest BCUT2D eigenvalue weighted by atomic mass is 32.2. The van der Waals surface area contributed by atoms with Gasteiger partial charge in [0, 0.05) is 28.9 Å². The third-order valence-corrected chi connectivity index (χ3v) is 3.97. The summed E-state index contributed by atoms with van der Waals surface area (Å²) in [6.45, 7) is 6.98. The highest BCUT2D eigenvalue weighted by Crippen LogP contribution is 2.15. The predicted octanol–water partition coefficient (Wildman–Crippen LogP) is 0.932. The smallest absolute Gasteiger partial charge is 0.312 e. The standard InChI is InChI=1S/C11H23NO3S/c1-9(16(5)14)6-7-12-8-11(2,3)10(13)15-4/h9,12H,6-8H2,1-5H3. The Morgan fingerprint density at radius 1 is 1.50 bits per heavy atom. The van der Waals surface area contributed by atoms with E-state index in [-0.39, 0.29) is 11.2 Å². The van der Waals surface area contributed by atoms with E-state index in [1.54, 1.807) is 6.26 Å². The summed E-state index contributed by atoms with van der Waals surface area (Å²) in [4.78, 5) is 11.4. The van der Waals surface area contributed by atoms with Crippen molar-refractivity contribution in [3.8, 4) is 0 Å².